The molecule has 0 heterocycles. The van der Waals surface area contributed by atoms with Crippen LogP contribution in [0.3, 0.4) is 0 Å². The molecule has 0 spiro atoms. The van der Waals surface area contributed by atoms with Crippen molar-refractivity contribution in [3.05, 3.63) is 34.3 Å². The molecular weight excluding hydrogens is 262 g/mol. The Kier molecular flexibility index (Phi) is 6.07. The van der Waals surface area contributed by atoms with Gasteiger partial charge in [-0.05, 0) is 38.0 Å². The third kappa shape index (κ3) is 4.67. The average molecular weight is 284 g/mol. The molecule has 1 rings (SSSR count). The lowest BCUT2D eigenvalue weighted by Crippen LogP contribution is -2.28. The smallest absolute Gasteiger partial charge is 0.0294 e. The van der Waals surface area contributed by atoms with Crippen LogP contribution in [0.1, 0.15) is 51.6 Å². The molecule has 0 saturated heterocycles. The Bertz CT molecular complexity index is 294. The first-order chi connectivity index (χ1) is 7.63. The van der Waals surface area contributed by atoms with Crippen molar-refractivity contribution in [2.24, 2.45) is 0 Å². The fraction of sp³-hybridized carbons (Fsp3) is 0.571. The minimum absolute atomic E-state index is 0.431. The number of rotatable bonds is 6. The maximum atomic E-state index is 3.64. The normalized spacial score (nSPS) is 14.8. The number of nitrogens with one attached hydrogen (secondary N) is 1. The van der Waals surface area contributed by atoms with Crippen LogP contribution in [0.25, 0.3) is 0 Å². The van der Waals surface area contributed by atoms with Crippen LogP contribution in [0.15, 0.2) is 28.7 Å². The molecular formula is C14H22BrN. The Hall–Kier alpha value is -0.340. The standard InChI is InChI=1S/C14H22BrN/c1-4-5-6-11(2)16-12(3)13-7-9-14(15)10-8-13/h7-12,16H,4-6H2,1-3H3/t11?,12-/m1/s1. The van der Waals surface area contributed by atoms with Crippen LogP contribution >= 0.6 is 15.9 Å². The third-order valence-electron chi connectivity index (χ3n) is 2.90. The van der Waals surface area contributed by atoms with E-state index in [0.717, 1.165) is 4.47 Å². The van der Waals surface area contributed by atoms with Crippen LogP contribution < -0.4 is 5.32 Å². The molecule has 0 aliphatic carbocycles. The molecule has 1 N–H and O–H groups in total. The third-order valence-corrected chi connectivity index (χ3v) is 3.42. The second kappa shape index (κ2) is 7.08. The van der Waals surface area contributed by atoms with E-state index in [0.29, 0.717) is 12.1 Å². The monoisotopic (exact) mass is 283 g/mol. The first kappa shape index (κ1) is 13.7. The van der Waals surface area contributed by atoms with E-state index in [9.17, 15) is 0 Å². The summed E-state index contributed by atoms with van der Waals surface area (Å²) in [7, 11) is 0. The van der Waals surface area contributed by atoms with E-state index in [-0.39, 0.29) is 0 Å². The van der Waals surface area contributed by atoms with E-state index in [1.165, 1.54) is 24.8 Å². The predicted octanol–water partition coefficient (Wildman–Crippen LogP) is 4.68. The van der Waals surface area contributed by atoms with E-state index in [1.807, 2.05) is 0 Å². The van der Waals surface area contributed by atoms with Crippen LogP contribution in [0, 0.1) is 0 Å². The number of halogens is 1. The van der Waals surface area contributed by atoms with Crippen LogP contribution in [0.4, 0.5) is 0 Å². The van der Waals surface area contributed by atoms with Gasteiger partial charge < -0.3 is 5.32 Å². The fourth-order valence-corrected chi connectivity index (χ4v) is 2.13. The van der Waals surface area contributed by atoms with Crippen molar-refractivity contribution in [2.45, 2.75) is 52.1 Å². The van der Waals surface area contributed by atoms with Gasteiger partial charge >= 0.3 is 0 Å². The molecule has 0 aliphatic rings. The Morgan fingerprint density at radius 2 is 1.81 bits per heavy atom. The predicted molar refractivity (Wildman–Crippen MR) is 74.7 cm³/mol. The van der Waals surface area contributed by atoms with Gasteiger partial charge in [0.2, 0.25) is 0 Å². The van der Waals surface area contributed by atoms with Crippen molar-refractivity contribution in [3.8, 4) is 0 Å². The molecule has 1 aromatic rings. The van der Waals surface area contributed by atoms with Gasteiger partial charge in [0.05, 0.1) is 0 Å². The van der Waals surface area contributed by atoms with Gasteiger partial charge in [-0.25, -0.2) is 0 Å². The molecule has 0 amide bonds. The van der Waals surface area contributed by atoms with E-state index >= 15 is 0 Å². The number of hydrogen-bond acceptors (Lipinski definition) is 1. The molecule has 0 radical (unpaired) electrons. The van der Waals surface area contributed by atoms with Crippen molar-refractivity contribution >= 4 is 15.9 Å². The van der Waals surface area contributed by atoms with Crippen molar-refractivity contribution in [1.29, 1.82) is 0 Å². The molecule has 1 nitrogen and oxygen atoms in total. The minimum Gasteiger partial charge on any atom is -0.308 e. The second-order valence-corrected chi connectivity index (χ2v) is 5.40. The van der Waals surface area contributed by atoms with E-state index in [4.69, 9.17) is 0 Å². The largest absolute Gasteiger partial charge is 0.308 e. The Balaban J connectivity index is 2.45. The number of unbranched alkanes of at least 4 members (excludes halogenated alkanes) is 1. The van der Waals surface area contributed by atoms with Crippen LogP contribution in [-0.4, -0.2) is 6.04 Å². The molecule has 16 heavy (non-hydrogen) atoms. The Morgan fingerprint density at radius 3 is 2.38 bits per heavy atom. The highest BCUT2D eigenvalue weighted by Gasteiger charge is 2.08. The molecule has 0 fully saturated rings. The van der Waals surface area contributed by atoms with Gasteiger partial charge in [0.25, 0.3) is 0 Å². The maximum Gasteiger partial charge on any atom is 0.0294 e. The highest BCUT2D eigenvalue weighted by Crippen LogP contribution is 2.17. The minimum atomic E-state index is 0.431. The van der Waals surface area contributed by atoms with Gasteiger partial charge in [-0.1, -0.05) is 47.8 Å². The molecule has 2 heteroatoms. The SMILES string of the molecule is CCCCC(C)N[C@H](C)c1ccc(Br)cc1. The van der Waals surface area contributed by atoms with Crippen molar-refractivity contribution in [2.75, 3.05) is 0 Å². The summed E-state index contributed by atoms with van der Waals surface area (Å²) in [4.78, 5) is 0. The molecule has 0 aromatic heterocycles. The zero-order valence-corrected chi connectivity index (χ0v) is 12.0. The first-order valence-electron chi connectivity index (χ1n) is 6.15. The lowest BCUT2D eigenvalue weighted by atomic mass is 10.1. The van der Waals surface area contributed by atoms with Crippen LogP contribution in [-0.2, 0) is 0 Å². The molecule has 2 atom stereocenters. The fourth-order valence-electron chi connectivity index (χ4n) is 1.87. The van der Waals surface area contributed by atoms with Gasteiger partial charge in [-0.2, -0.15) is 0 Å². The summed E-state index contributed by atoms with van der Waals surface area (Å²) >= 11 is 3.46. The van der Waals surface area contributed by atoms with Crippen molar-refractivity contribution in [3.63, 3.8) is 0 Å². The molecule has 1 aromatic carbocycles. The van der Waals surface area contributed by atoms with E-state index in [2.05, 4.69) is 66.3 Å². The summed E-state index contributed by atoms with van der Waals surface area (Å²) in [5.74, 6) is 0. The zero-order valence-electron chi connectivity index (χ0n) is 10.5. The second-order valence-electron chi connectivity index (χ2n) is 4.48. The van der Waals surface area contributed by atoms with Gasteiger partial charge in [0.1, 0.15) is 0 Å². The number of hydrogen-bond donors (Lipinski definition) is 1. The highest BCUT2D eigenvalue weighted by molar-refractivity contribution is 9.10. The van der Waals surface area contributed by atoms with Gasteiger partial charge in [0.15, 0.2) is 0 Å². The van der Waals surface area contributed by atoms with Gasteiger partial charge in [0, 0.05) is 16.6 Å². The Morgan fingerprint density at radius 1 is 1.19 bits per heavy atom. The van der Waals surface area contributed by atoms with Gasteiger partial charge in [-0.15, -0.1) is 0 Å². The lowest BCUT2D eigenvalue weighted by Gasteiger charge is -2.20. The maximum absolute atomic E-state index is 3.64. The molecule has 90 valence electrons. The van der Waals surface area contributed by atoms with E-state index in [1.54, 1.807) is 0 Å². The molecule has 1 unspecified atom stereocenters. The average Bonchev–Trinajstić information content (AvgIpc) is 2.27. The van der Waals surface area contributed by atoms with Crippen LogP contribution in [0.2, 0.25) is 0 Å². The molecule has 0 aliphatic heterocycles. The number of benzene rings is 1. The summed E-state index contributed by atoms with van der Waals surface area (Å²) in [6, 6.07) is 9.58. The highest BCUT2D eigenvalue weighted by atomic mass is 79.9. The van der Waals surface area contributed by atoms with Crippen molar-refractivity contribution in [1.82, 2.24) is 5.32 Å². The molecule has 0 bridgehead atoms. The topological polar surface area (TPSA) is 12.0 Å². The zero-order chi connectivity index (χ0) is 12.0. The van der Waals surface area contributed by atoms with Gasteiger partial charge in [-0.3, -0.25) is 0 Å². The first-order valence-corrected chi connectivity index (χ1v) is 6.94. The van der Waals surface area contributed by atoms with Crippen molar-refractivity contribution < 1.29 is 0 Å². The summed E-state index contributed by atoms with van der Waals surface area (Å²) < 4.78 is 1.14. The van der Waals surface area contributed by atoms with Crippen LogP contribution in [0.5, 0.6) is 0 Å². The summed E-state index contributed by atoms with van der Waals surface area (Å²) in [6.07, 6.45) is 3.84. The molecule has 0 saturated carbocycles. The van der Waals surface area contributed by atoms with E-state index < -0.39 is 0 Å². The summed E-state index contributed by atoms with van der Waals surface area (Å²) in [5.41, 5.74) is 1.35. The lowest BCUT2D eigenvalue weighted by molar-refractivity contribution is 0.444. The summed E-state index contributed by atoms with van der Waals surface area (Å²) in [5, 5.41) is 3.64. The summed E-state index contributed by atoms with van der Waals surface area (Å²) in [6.45, 7) is 6.74. The Labute approximate surface area is 108 Å². The quantitative estimate of drug-likeness (QED) is 0.800.